The van der Waals surface area contributed by atoms with Crippen LogP contribution in [0.4, 0.5) is 10.5 Å². The first-order chi connectivity index (χ1) is 13.6. The molecule has 0 spiro atoms. The number of azide groups is 1. The summed E-state index contributed by atoms with van der Waals surface area (Å²) in [5.41, 5.74) is 9.33. The van der Waals surface area contributed by atoms with Gasteiger partial charge in [-0.15, -0.1) is 11.6 Å². The molecule has 28 heavy (non-hydrogen) atoms. The number of amides is 2. The van der Waals surface area contributed by atoms with E-state index in [4.69, 9.17) is 21.9 Å². The zero-order valence-electron chi connectivity index (χ0n) is 16.5. The number of nitrogens with zero attached hydrogens (tertiary/aromatic N) is 5. The first-order valence-electron chi connectivity index (χ1n) is 9.49. The normalized spacial score (nSPS) is 10.1. The van der Waals surface area contributed by atoms with Gasteiger partial charge in [0.1, 0.15) is 6.00 Å². The Kier molecular flexibility index (Phi) is 11.5. The third-order valence-corrected chi connectivity index (χ3v) is 4.50. The number of rotatable bonds is 12. The van der Waals surface area contributed by atoms with Crippen molar-refractivity contribution in [2.24, 2.45) is 5.11 Å². The number of unbranched alkanes of at least 4 members (excludes halogenated alkanes) is 3. The number of halogens is 1. The minimum atomic E-state index is -0.521. The Morgan fingerprint density at radius 2 is 1.75 bits per heavy atom. The summed E-state index contributed by atoms with van der Waals surface area (Å²) in [6.45, 7) is 5.93. The van der Waals surface area contributed by atoms with Crippen LogP contribution in [0.1, 0.15) is 49.9 Å². The highest BCUT2D eigenvalue weighted by Crippen LogP contribution is 2.18. The van der Waals surface area contributed by atoms with Gasteiger partial charge in [0.05, 0.1) is 6.61 Å². The average Bonchev–Trinajstić information content (AvgIpc) is 2.72. The summed E-state index contributed by atoms with van der Waals surface area (Å²) in [6.07, 6.45) is 2.83. The summed E-state index contributed by atoms with van der Waals surface area (Å²) < 4.78 is 5.27. The summed E-state index contributed by atoms with van der Waals surface area (Å²) in [6, 6.07) is 6.71. The highest BCUT2D eigenvalue weighted by atomic mass is 35.5. The summed E-state index contributed by atoms with van der Waals surface area (Å²) in [7, 11) is 0. The number of hydrogen-bond acceptors (Lipinski definition) is 4. The first-order valence-corrected chi connectivity index (χ1v) is 10.0. The van der Waals surface area contributed by atoms with E-state index in [0.29, 0.717) is 37.5 Å². The zero-order chi connectivity index (χ0) is 20.8. The van der Waals surface area contributed by atoms with E-state index >= 15 is 0 Å². The Bertz CT molecular complexity index is 658. The maximum absolute atomic E-state index is 12.3. The van der Waals surface area contributed by atoms with Gasteiger partial charge < -0.3 is 9.64 Å². The summed E-state index contributed by atoms with van der Waals surface area (Å²) in [4.78, 5) is 30.4. The number of hydrogen-bond donors (Lipinski definition) is 0. The number of benzene rings is 1. The second-order valence-corrected chi connectivity index (χ2v) is 6.29. The molecular weight excluding hydrogens is 382 g/mol. The fourth-order valence-corrected chi connectivity index (χ4v) is 2.86. The highest BCUT2D eigenvalue weighted by Gasteiger charge is 2.18. The van der Waals surface area contributed by atoms with Gasteiger partial charge in [0.2, 0.25) is 0 Å². The SMILES string of the molecule is CCN(CC)C(=O)c1ccc(N(CCl)C(=O)OCCCCCCN=[N+]=[N-])cc1. The molecule has 0 atom stereocenters. The Morgan fingerprint density at radius 1 is 1.11 bits per heavy atom. The maximum Gasteiger partial charge on any atom is 0.415 e. The second-order valence-electron chi connectivity index (χ2n) is 6.05. The molecule has 154 valence electrons. The molecule has 8 nitrogen and oxygen atoms in total. The molecule has 0 aliphatic rings. The van der Waals surface area contributed by atoms with Gasteiger partial charge in [-0.3, -0.25) is 9.69 Å². The lowest BCUT2D eigenvalue weighted by Gasteiger charge is -2.21. The molecule has 0 aliphatic carbocycles. The van der Waals surface area contributed by atoms with Gasteiger partial charge >= 0.3 is 6.09 Å². The molecule has 0 fully saturated rings. The van der Waals surface area contributed by atoms with Gasteiger partial charge in [-0.1, -0.05) is 18.0 Å². The van der Waals surface area contributed by atoms with Crippen LogP contribution in [0.25, 0.3) is 10.4 Å². The minimum absolute atomic E-state index is 0.0444. The third-order valence-electron chi connectivity index (χ3n) is 4.26. The van der Waals surface area contributed by atoms with E-state index in [2.05, 4.69) is 10.0 Å². The van der Waals surface area contributed by atoms with E-state index in [1.165, 1.54) is 4.90 Å². The van der Waals surface area contributed by atoms with E-state index < -0.39 is 6.09 Å². The molecule has 0 bridgehead atoms. The van der Waals surface area contributed by atoms with E-state index in [-0.39, 0.29) is 11.9 Å². The van der Waals surface area contributed by atoms with Crippen molar-refractivity contribution in [1.29, 1.82) is 0 Å². The molecule has 1 rings (SSSR count). The predicted molar refractivity (Wildman–Crippen MR) is 111 cm³/mol. The lowest BCUT2D eigenvalue weighted by molar-refractivity contribution is 0.0773. The predicted octanol–water partition coefficient (Wildman–Crippen LogP) is 5.18. The lowest BCUT2D eigenvalue weighted by atomic mass is 10.1. The maximum atomic E-state index is 12.3. The Balaban J connectivity index is 2.52. The summed E-state index contributed by atoms with van der Waals surface area (Å²) in [5.74, 6) is -0.0444. The topological polar surface area (TPSA) is 98.6 Å². The average molecular weight is 410 g/mol. The Hall–Kier alpha value is -2.44. The van der Waals surface area contributed by atoms with Crippen molar-refractivity contribution in [3.05, 3.63) is 40.3 Å². The van der Waals surface area contributed by atoms with Crippen LogP contribution in [0, 0.1) is 0 Å². The van der Waals surface area contributed by atoms with Crippen molar-refractivity contribution in [1.82, 2.24) is 4.90 Å². The van der Waals surface area contributed by atoms with Crippen molar-refractivity contribution in [3.8, 4) is 0 Å². The summed E-state index contributed by atoms with van der Waals surface area (Å²) in [5, 5.41) is 3.47. The standard InChI is InChI=1S/C19H28ClN5O3/c1-3-24(4-2)18(26)16-9-11-17(12-10-16)25(15-20)19(27)28-14-8-6-5-7-13-22-23-21/h9-12H,3-8,13-15H2,1-2H3. The van der Waals surface area contributed by atoms with Gasteiger partial charge in [0.15, 0.2) is 0 Å². The van der Waals surface area contributed by atoms with E-state index in [1.54, 1.807) is 29.2 Å². The van der Waals surface area contributed by atoms with Crippen LogP contribution in [0.5, 0.6) is 0 Å². The third kappa shape index (κ3) is 7.66. The molecule has 1 aromatic carbocycles. The molecular formula is C19H28ClN5O3. The Labute approximate surface area is 171 Å². The van der Waals surface area contributed by atoms with Crippen molar-refractivity contribution in [2.75, 3.05) is 37.1 Å². The number of carbonyl (C=O) groups excluding carboxylic acids is 2. The number of anilines is 1. The largest absolute Gasteiger partial charge is 0.449 e. The molecule has 0 saturated carbocycles. The van der Waals surface area contributed by atoms with Gasteiger partial charge in [-0.25, -0.2) is 4.79 Å². The van der Waals surface area contributed by atoms with Crippen molar-refractivity contribution >= 4 is 29.3 Å². The molecule has 1 aromatic rings. The van der Waals surface area contributed by atoms with E-state index in [0.717, 1.165) is 25.7 Å². The van der Waals surface area contributed by atoms with E-state index in [9.17, 15) is 9.59 Å². The van der Waals surface area contributed by atoms with Crippen LogP contribution in [0.3, 0.4) is 0 Å². The van der Waals surface area contributed by atoms with Gasteiger partial charge in [0.25, 0.3) is 5.91 Å². The van der Waals surface area contributed by atoms with Crippen molar-refractivity contribution in [3.63, 3.8) is 0 Å². The van der Waals surface area contributed by atoms with Crippen LogP contribution >= 0.6 is 11.6 Å². The molecule has 0 radical (unpaired) electrons. The molecule has 0 N–H and O–H groups in total. The first kappa shape index (κ1) is 23.6. The number of alkyl halides is 1. The van der Waals surface area contributed by atoms with Gasteiger partial charge in [-0.2, -0.15) is 0 Å². The van der Waals surface area contributed by atoms with Gasteiger partial charge in [0, 0.05) is 35.8 Å². The summed E-state index contributed by atoms with van der Waals surface area (Å²) >= 11 is 5.92. The number of carbonyl (C=O) groups is 2. The monoisotopic (exact) mass is 409 g/mol. The fourth-order valence-electron chi connectivity index (χ4n) is 2.62. The van der Waals surface area contributed by atoms with Crippen LogP contribution < -0.4 is 4.90 Å². The molecule has 0 saturated heterocycles. The second kappa shape index (κ2) is 13.7. The molecule has 9 heteroatoms. The van der Waals surface area contributed by atoms with Crippen molar-refractivity contribution < 1.29 is 14.3 Å². The highest BCUT2D eigenvalue weighted by molar-refractivity contribution is 6.21. The van der Waals surface area contributed by atoms with Crippen LogP contribution in [0.2, 0.25) is 0 Å². The molecule has 0 heterocycles. The Morgan fingerprint density at radius 3 is 2.32 bits per heavy atom. The van der Waals surface area contributed by atoms with Crippen molar-refractivity contribution in [2.45, 2.75) is 39.5 Å². The van der Waals surface area contributed by atoms with Crippen LogP contribution in [-0.2, 0) is 4.74 Å². The van der Waals surface area contributed by atoms with E-state index in [1.807, 2.05) is 13.8 Å². The molecule has 0 aromatic heterocycles. The smallest absolute Gasteiger partial charge is 0.415 e. The molecule has 2 amide bonds. The lowest BCUT2D eigenvalue weighted by Crippen LogP contribution is -2.31. The van der Waals surface area contributed by atoms with Crippen LogP contribution in [0.15, 0.2) is 29.4 Å². The van der Waals surface area contributed by atoms with Gasteiger partial charge in [-0.05, 0) is 56.5 Å². The molecule has 0 aliphatic heterocycles. The number of ether oxygens (including phenoxy) is 1. The van der Waals surface area contributed by atoms with Crippen LogP contribution in [-0.4, -0.2) is 49.1 Å². The quantitative estimate of drug-likeness (QED) is 0.119. The fraction of sp³-hybridized carbons (Fsp3) is 0.579. The molecule has 0 unspecified atom stereocenters. The zero-order valence-corrected chi connectivity index (χ0v) is 17.3. The minimum Gasteiger partial charge on any atom is -0.449 e.